The normalized spacial score (nSPS) is 21.7. The highest BCUT2D eigenvalue weighted by molar-refractivity contribution is 6.32. The number of rotatable bonds is 1. The molecule has 1 spiro atoms. The van der Waals surface area contributed by atoms with Crippen molar-refractivity contribution in [1.29, 1.82) is 0 Å². The Morgan fingerprint density at radius 2 is 1.89 bits per heavy atom. The predicted octanol–water partition coefficient (Wildman–Crippen LogP) is 3.47. The molecule has 1 aliphatic heterocycles. The summed E-state index contributed by atoms with van der Waals surface area (Å²) in [6, 6.07) is 5.35. The number of hydrogen-bond acceptors (Lipinski definition) is 2. The number of aryl methyl sites for hydroxylation is 1. The number of imide groups is 1. The molecule has 0 radical (unpaired) electrons. The molecule has 0 N–H and O–H groups in total. The number of amides is 2. The van der Waals surface area contributed by atoms with Gasteiger partial charge in [-0.2, -0.15) is 0 Å². The molecular formula is C15H16ClNO2. The Balaban J connectivity index is 1.98. The third kappa shape index (κ3) is 1.88. The molecule has 1 saturated heterocycles. The van der Waals surface area contributed by atoms with Crippen LogP contribution in [0.3, 0.4) is 0 Å². The van der Waals surface area contributed by atoms with E-state index in [4.69, 9.17) is 11.6 Å². The van der Waals surface area contributed by atoms with Gasteiger partial charge in [-0.1, -0.05) is 30.5 Å². The van der Waals surface area contributed by atoms with Crippen molar-refractivity contribution >= 4 is 29.1 Å². The Kier molecular flexibility index (Phi) is 2.90. The summed E-state index contributed by atoms with van der Waals surface area (Å²) in [5, 5.41) is 0.588. The Hall–Kier alpha value is -1.35. The molecule has 4 heteroatoms. The zero-order valence-corrected chi connectivity index (χ0v) is 11.7. The molecule has 1 aromatic carbocycles. The first-order chi connectivity index (χ1) is 9.03. The smallest absolute Gasteiger partial charge is 0.240 e. The van der Waals surface area contributed by atoms with Crippen LogP contribution in [0.25, 0.3) is 0 Å². The van der Waals surface area contributed by atoms with Crippen LogP contribution in [0.1, 0.15) is 37.7 Å². The van der Waals surface area contributed by atoms with Gasteiger partial charge in [-0.15, -0.1) is 0 Å². The summed E-state index contributed by atoms with van der Waals surface area (Å²) in [6.45, 7) is 1.90. The minimum Gasteiger partial charge on any atom is -0.274 e. The first-order valence-electron chi connectivity index (χ1n) is 6.67. The fraction of sp³-hybridized carbons (Fsp3) is 0.467. The van der Waals surface area contributed by atoms with Gasteiger partial charge >= 0.3 is 0 Å². The summed E-state index contributed by atoms with van der Waals surface area (Å²) in [7, 11) is 0. The second kappa shape index (κ2) is 4.34. The van der Waals surface area contributed by atoms with Gasteiger partial charge in [0.15, 0.2) is 0 Å². The van der Waals surface area contributed by atoms with E-state index in [-0.39, 0.29) is 11.8 Å². The number of carbonyl (C=O) groups excluding carboxylic acids is 2. The molecule has 0 atom stereocenters. The van der Waals surface area contributed by atoms with Gasteiger partial charge in [-0.3, -0.25) is 14.5 Å². The van der Waals surface area contributed by atoms with E-state index >= 15 is 0 Å². The Morgan fingerprint density at radius 1 is 1.21 bits per heavy atom. The Labute approximate surface area is 117 Å². The van der Waals surface area contributed by atoms with Gasteiger partial charge in [0.05, 0.1) is 11.1 Å². The van der Waals surface area contributed by atoms with Crippen LogP contribution in [0.5, 0.6) is 0 Å². The van der Waals surface area contributed by atoms with Crippen molar-refractivity contribution in [3.63, 3.8) is 0 Å². The van der Waals surface area contributed by atoms with E-state index < -0.39 is 5.41 Å². The number of nitrogens with zero attached hydrogens (tertiary/aromatic N) is 1. The van der Waals surface area contributed by atoms with Crippen LogP contribution in [0, 0.1) is 12.3 Å². The summed E-state index contributed by atoms with van der Waals surface area (Å²) in [4.78, 5) is 26.1. The van der Waals surface area contributed by atoms with E-state index in [1.54, 1.807) is 12.1 Å². The van der Waals surface area contributed by atoms with Crippen LogP contribution in [-0.2, 0) is 9.59 Å². The van der Waals surface area contributed by atoms with E-state index in [0.717, 1.165) is 31.2 Å². The number of anilines is 1. The van der Waals surface area contributed by atoms with Gasteiger partial charge in [-0.05, 0) is 37.5 Å². The lowest BCUT2D eigenvalue weighted by atomic mass is 9.84. The zero-order valence-electron chi connectivity index (χ0n) is 10.9. The number of hydrogen-bond donors (Lipinski definition) is 0. The molecule has 2 amide bonds. The molecule has 19 heavy (non-hydrogen) atoms. The molecule has 0 bridgehead atoms. The largest absolute Gasteiger partial charge is 0.274 e. The van der Waals surface area contributed by atoms with Crippen molar-refractivity contribution in [1.82, 2.24) is 0 Å². The van der Waals surface area contributed by atoms with Gasteiger partial charge in [-0.25, -0.2) is 0 Å². The van der Waals surface area contributed by atoms with Crippen molar-refractivity contribution in [2.24, 2.45) is 5.41 Å². The number of benzene rings is 1. The fourth-order valence-electron chi connectivity index (χ4n) is 3.22. The predicted molar refractivity (Wildman–Crippen MR) is 74.2 cm³/mol. The molecule has 2 aliphatic rings. The first kappa shape index (κ1) is 12.7. The SMILES string of the molecule is Cc1ccc(N2C(=O)CC3(CCCC3)C2=O)cc1Cl. The molecule has 2 fully saturated rings. The molecule has 3 nitrogen and oxygen atoms in total. The fourth-order valence-corrected chi connectivity index (χ4v) is 3.39. The summed E-state index contributed by atoms with van der Waals surface area (Å²) in [5.41, 5.74) is 1.13. The maximum absolute atomic E-state index is 12.6. The average Bonchev–Trinajstić information content (AvgIpc) is 2.91. The van der Waals surface area contributed by atoms with Crippen molar-refractivity contribution in [3.8, 4) is 0 Å². The molecule has 0 aromatic heterocycles. The summed E-state index contributed by atoms with van der Waals surface area (Å²) < 4.78 is 0. The molecule has 0 unspecified atom stereocenters. The highest BCUT2D eigenvalue weighted by atomic mass is 35.5. The van der Waals surface area contributed by atoms with Gasteiger partial charge in [0.1, 0.15) is 0 Å². The summed E-state index contributed by atoms with van der Waals surface area (Å²) >= 11 is 6.09. The van der Waals surface area contributed by atoms with E-state index in [2.05, 4.69) is 0 Å². The third-order valence-electron chi connectivity index (χ3n) is 4.37. The van der Waals surface area contributed by atoms with Crippen molar-refractivity contribution in [2.75, 3.05) is 4.90 Å². The maximum Gasteiger partial charge on any atom is 0.240 e. The summed E-state index contributed by atoms with van der Waals surface area (Å²) in [5.74, 6) is -0.123. The molecule has 3 rings (SSSR count). The maximum atomic E-state index is 12.6. The highest BCUT2D eigenvalue weighted by Crippen LogP contribution is 2.48. The Bertz CT molecular complexity index is 561. The van der Waals surface area contributed by atoms with Crippen molar-refractivity contribution < 1.29 is 9.59 Å². The number of carbonyl (C=O) groups is 2. The van der Waals surface area contributed by atoms with Crippen LogP contribution in [0.4, 0.5) is 5.69 Å². The molecular weight excluding hydrogens is 262 g/mol. The van der Waals surface area contributed by atoms with Crippen LogP contribution in [-0.4, -0.2) is 11.8 Å². The topological polar surface area (TPSA) is 37.4 Å². The highest BCUT2D eigenvalue weighted by Gasteiger charge is 2.53. The second-order valence-electron chi connectivity index (χ2n) is 5.63. The van der Waals surface area contributed by atoms with Crippen molar-refractivity contribution in [3.05, 3.63) is 28.8 Å². The van der Waals surface area contributed by atoms with E-state index in [9.17, 15) is 9.59 Å². The monoisotopic (exact) mass is 277 g/mol. The van der Waals surface area contributed by atoms with Gasteiger partial charge in [0.25, 0.3) is 0 Å². The van der Waals surface area contributed by atoms with E-state index in [1.165, 1.54) is 4.90 Å². The lowest BCUT2D eigenvalue weighted by Crippen LogP contribution is -2.34. The van der Waals surface area contributed by atoms with Crippen LogP contribution in [0.2, 0.25) is 5.02 Å². The lowest BCUT2D eigenvalue weighted by molar-refractivity contribution is -0.125. The number of halogens is 1. The second-order valence-corrected chi connectivity index (χ2v) is 6.04. The molecule has 1 aromatic rings. The zero-order chi connectivity index (χ0) is 13.6. The molecule has 1 aliphatic carbocycles. The van der Waals surface area contributed by atoms with Gasteiger partial charge in [0, 0.05) is 11.4 Å². The quantitative estimate of drug-likeness (QED) is 0.737. The average molecular weight is 278 g/mol. The minimum absolute atomic E-state index is 0.0325. The molecule has 1 heterocycles. The van der Waals surface area contributed by atoms with E-state index in [0.29, 0.717) is 17.1 Å². The molecule has 100 valence electrons. The molecule has 1 saturated carbocycles. The van der Waals surface area contributed by atoms with Crippen LogP contribution in [0.15, 0.2) is 18.2 Å². The standard InChI is InChI=1S/C15H16ClNO2/c1-10-4-5-11(8-12(10)16)17-13(18)9-15(14(17)19)6-2-3-7-15/h4-5,8H,2-3,6-7,9H2,1H3. The van der Waals surface area contributed by atoms with Gasteiger partial charge < -0.3 is 0 Å². The van der Waals surface area contributed by atoms with Crippen LogP contribution >= 0.6 is 11.6 Å². The third-order valence-corrected chi connectivity index (χ3v) is 4.78. The Morgan fingerprint density at radius 3 is 2.53 bits per heavy atom. The lowest BCUT2D eigenvalue weighted by Gasteiger charge is -2.21. The minimum atomic E-state index is -0.422. The first-order valence-corrected chi connectivity index (χ1v) is 7.05. The van der Waals surface area contributed by atoms with Gasteiger partial charge in [0.2, 0.25) is 11.8 Å². The van der Waals surface area contributed by atoms with Crippen LogP contribution < -0.4 is 4.90 Å². The van der Waals surface area contributed by atoms with Crippen molar-refractivity contribution in [2.45, 2.75) is 39.0 Å². The summed E-state index contributed by atoms with van der Waals surface area (Å²) in [6.07, 6.45) is 4.13. The van der Waals surface area contributed by atoms with E-state index in [1.807, 2.05) is 13.0 Å².